The number of urea groups is 1. The van der Waals surface area contributed by atoms with Gasteiger partial charge >= 0.3 is 18.2 Å². The molecule has 0 saturated carbocycles. The standard InChI is InChI=1S/C27H33F3N4O3/c1-4-6-14-34(15-7-5-2)24-13-12-20(19(3)16-25(35)36)17-23(24)32-26(37)33-31-18-21-10-8-9-11-22(21)27(28,29)30/h8-13,16-18H,4-7,14-15H2,1-3H3,(H,35,36)(H2,32,33,37)/b19-16+,31-18+. The molecule has 0 aliphatic carbocycles. The van der Waals surface area contributed by atoms with E-state index in [1.165, 1.54) is 18.2 Å². The number of carbonyl (C=O) groups excluding carboxylic acids is 1. The van der Waals surface area contributed by atoms with E-state index in [9.17, 15) is 22.8 Å². The first-order valence-electron chi connectivity index (χ1n) is 12.1. The van der Waals surface area contributed by atoms with E-state index in [2.05, 4.69) is 34.6 Å². The highest BCUT2D eigenvalue weighted by molar-refractivity contribution is 5.96. The summed E-state index contributed by atoms with van der Waals surface area (Å²) in [6, 6.07) is 9.48. The van der Waals surface area contributed by atoms with Crippen LogP contribution >= 0.6 is 0 Å². The van der Waals surface area contributed by atoms with E-state index >= 15 is 0 Å². The van der Waals surface area contributed by atoms with Crippen molar-refractivity contribution >= 4 is 35.2 Å². The number of unbranched alkanes of at least 4 members (excludes halogenated alkanes) is 2. The van der Waals surface area contributed by atoms with Gasteiger partial charge in [0.2, 0.25) is 0 Å². The average Bonchev–Trinajstić information content (AvgIpc) is 2.83. The van der Waals surface area contributed by atoms with Gasteiger partial charge in [0.25, 0.3) is 0 Å². The SMILES string of the molecule is CCCCN(CCCC)c1ccc(/C(C)=C/C(=O)O)cc1NC(=O)N/N=C/c1ccccc1C(F)(F)F. The molecule has 7 nitrogen and oxygen atoms in total. The van der Waals surface area contributed by atoms with E-state index in [0.717, 1.165) is 62.8 Å². The summed E-state index contributed by atoms with van der Waals surface area (Å²) in [7, 11) is 0. The first kappa shape index (κ1) is 29.4. The second-order valence-corrected chi connectivity index (χ2v) is 8.50. The fraction of sp³-hybridized carbons (Fsp3) is 0.370. The molecule has 0 radical (unpaired) electrons. The first-order valence-corrected chi connectivity index (χ1v) is 12.1. The number of carbonyl (C=O) groups is 2. The van der Waals surface area contributed by atoms with Gasteiger partial charge in [0.05, 0.1) is 23.2 Å². The summed E-state index contributed by atoms with van der Waals surface area (Å²) in [5.41, 5.74) is 3.47. The average molecular weight is 519 g/mol. The van der Waals surface area contributed by atoms with Gasteiger partial charge in [-0.05, 0) is 49.1 Å². The smallest absolute Gasteiger partial charge is 0.417 e. The molecule has 0 heterocycles. The van der Waals surface area contributed by atoms with Crippen molar-refractivity contribution in [3.8, 4) is 0 Å². The van der Waals surface area contributed by atoms with Crippen molar-refractivity contribution in [3.63, 3.8) is 0 Å². The molecule has 0 unspecified atom stereocenters. The van der Waals surface area contributed by atoms with Crippen LogP contribution in [0.1, 0.15) is 63.1 Å². The van der Waals surface area contributed by atoms with E-state index < -0.39 is 23.7 Å². The molecule has 2 aromatic carbocycles. The molecule has 10 heteroatoms. The Morgan fingerprint density at radius 2 is 1.70 bits per heavy atom. The second kappa shape index (κ2) is 14.1. The fourth-order valence-corrected chi connectivity index (χ4v) is 3.65. The Bertz CT molecular complexity index is 1120. The number of nitrogens with zero attached hydrogens (tertiary/aromatic N) is 2. The number of benzene rings is 2. The third-order valence-electron chi connectivity index (χ3n) is 5.58. The Labute approximate surface area is 215 Å². The van der Waals surface area contributed by atoms with E-state index in [4.69, 9.17) is 5.11 Å². The Morgan fingerprint density at radius 3 is 2.30 bits per heavy atom. The van der Waals surface area contributed by atoms with Crippen molar-refractivity contribution in [1.82, 2.24) is 5.43 Å². The molecular formula is C27H33F3N4O3. The van der Waals surface area contributed by atoms with Gasteiger partial charge in [-0.15, -0.1) is 0 Å². The highest BCUT2D eigenvalue weighted by Crippen LogP contribution is 2.32. The molecule has 37 heavy (non-hydrogen) atoms. The number of halogens is 3. The Kier molecular flexibility index (Phi) is 11.2. The zero-order valence-corrected chi connectivity index (χ0v) is 21.2. The van der Waals surface area contributed by atoms with Gasteiger partial charge in [0.1, 0.15) is 0 Å². The third kappa shape index (κ3) is 9.29. The maximum absolute atomic E-state index is 13.2. The molecular weight excluding hydrogens is 485 g/mol. The van der Waals surface area contributed by atoms with Crippen LogP contribution in [0, 0.1) is 0 Å². The number of anilines is 2. The van der Waals surface area contributed by atoms with E-state index in [1.54, 1.807) is 19.1 Å². The van der Waals surface area contributed by atoms with Crippen molar-refractivity contribution < 1.29 is 27.9 Å². The van der Waals surface area contributed by atoms with Crippen LogP contribution in [-0.4, -0.2) is 36.4 Å². The number of hydrazone groups is 1. The molecule has 0 aromatic heterocycles. The Morgan fingerprint density at radius 1 is 1.05 bits per heavy atom. The van der Waals surface area contributed by atoms with Crippen LogP contribution in [0.4, 0.5) is 29.3 Å². The maximum Gasteiger partial charge on any atom is 0.417 e. The molecule has 0 spiro atoms. The molecule has 0 atom stereocenters. The number of hydrogen-bond acceptors (Lipinski definition) is 4. The summed E-state index contributed by atoms with van der Waals surface area (Å²) in [6.45, 7) is 7.36. The van der Waals surface area contributed by atoms with Crippen LogP contribution in [0.15, 0.2) is 53.6 Å². The number of alkyl halides is 3. The molecule has 3 N–H and O–H groups in total. The molecule has 200 valence electrons. The molecule has 0 aliphatic rings. The topological polar surface area (TPSA) is 94.0 Å². The Hall–Kier alpha value is -3.82. The molecule has 0 fully saturated rings. The van der Waals surface area contributed by atoms with E-state index in [0.29, 0.717) is 16.8 Å². The van der Waals surface area contributed by atoms with Crippen molar-refractivity contribution in [2.75, 3.05) is 23.3 Å². The maximum atomic E-state index is 13.2. The molecule has 0 aliphatic heterocycles. The van der Waals surface area contributed by atoms with Gasteiger partial charge in [-0.2, -0.15) is 18.3 Å². The minimum atomic E-state index is -4.55. The minimum Gasteiger partial charge on any atom is -0.478 e. The summed E-state index contributed by atoms with van der Waals surface area (Å²) < 4.78 is 39.6. The number of allylic oxidation sites excluding steroid dienone is 1. The highest BCUT2D eigenvalue weighted by Gasteiger charge is 2.32. The second-order valence-electron chi connectivity index (χ2n) is 8.50. The van der Waals surface area contributed by atoms with Crippen LogP contribution in [0.5, 0.6) is 0 Å². The van der Waals surface area contributed by atoms with Gasteiger partial charge in [-0.25, -0.2) is 15.0 Å². The molecule has 0 saturated heterocycles. The molecule has 2 rings (SSSR count). The third-order valence-corrected chi connectivity index (χ3v) is 5.58. The van der Waals surface area contributed by atoms with E-state index in [1.807, 2.05) is 6.07 Å². The minimum absolute atomic E-state index is 0.183. The van der Waals surface area contributed by atoms with Crippen molar-refractivity contribution in [1.29, 1.82) is 0 Å². The predicted octanol–water partition coefficient (Wildman–Crippen LogP) is 6.76. The van der Waals surface area contributed by atoms with Gasteiger partial charge in [-0.1, -0.05) is 51.0 Å². The summed E-state index contributed by atoms with van der Waals surface area (Å²) >= 11 is 0. The predicted molar refractivity (Wildman–Crippen MR) is 141 cm³/mol. The highest BCUT2D eigenvalue weighted by atomic mass is 19.4. The van der Waals surface area contributed by atoms with Crippen molar-refractivity contribution in [2.45, 2.75) is 52.6 Å². The summed E-state index contributed by atoms with van der Waals surface area (Å²) in [4.78, 5) is 25.9. The number of hydrogen-bond donors (Lipinski definition) is 3. The molecule has 0 bridgehead atoms. The summed E-state index contributed by atoms with van der Waals surface area (Å²) in [6.07, 6.45) is 1.32. The monoisotopic (exact) mass is 518 g/mol. The van der Waals surface area contributed by atoms with Gasteiger partial charge in [-0.3, -0.25) is 0 Å². The fourth-order valence-electron chi connectivity index (χ4n) is 3.65. The number of aliphatic carboxylic acids is 1. The summed E-state index contributed by atoms with van der Waals surface area (Å²) in [5.74, 6) is -1.09. The van der Waals surface area contributed by atoms with Crippen LogP contribution in [0.2, 0.25) is 0 Å². The van der Waals surface area contributed by atoms with Crippen LogP contribution in [0.25, 0.3) is 5.57 Å². The zero-order valence-electron chi connectivity index (χ0n) is 21.2. The lowest BCUT2D eigenvalue weighted by atomic mass is 10.0. The lowest BCUT2D eigenvalue weighted by Crippen LogP contribution is -2.29. The van der Waals surface area contributed by atoms with Gasteiger partial charge < -0.3 is 15.3 Å². The first-order chi connectivity index (χ1) is 17.6. The van der Waals surface area contributed by atoms with E-state index in [-0.39, 0.29) is 5.56 Å². The summed E-state index contributed by atoms with van der Waals surface area (Å²) in [5, 5.41) is 15.5. The number of carboxylic acid groups (broad SMARTS) is 1. The largest absolute Gasteiger partial charge is 0.478 e. The van der Waals surface area contributed by atoms with Gasteiger partial charge in [0.15, 0.2) is 0 Å². The van der Waals surface area contributed by atoms with Crippen molar-refractivity contribution in [3.05, 3.63) is 65.2 Å². The molecule has 2 amide bonds. The lowest BCUT2D eigenvalue weighted by molar-refractivity contribution is -0.137. The number of rotatable bonds is 12. The number of carboxylic acids is 1. The van der Waals surface area contributed by atoms with Crippen LogP contribution < -0.4 is 15.6 Å². The normalized spacial score (nSPS) is 12.0. The van der Waals surface area contributed by atoms with Gasteiger partial charge in [0, 0.05) is 24.7 Å². The van der Waals surface area contributed by atoms with Crippen molar-refractivity contribution in [2.24, 2.45) is 5.10 Å². The number of amides is 2. The van der Waals surface area contributed by atoms with Crippen LogP contribution in [0.3, 0.4) is 0 Å². The lowest BCUT2D eigenvalue weighted by Gasteiger charge is -2.27. The zero-order chi connectivity index (χ0) is 27.4. The quantitative estimate of drug-likeness (QED) is 0.164. The van der Waals surface area contributed by atoms with Crippen LogP contribution in [-0.2, 0) is 11.0 Å². The number of nitrogens with one attached hydrogen (secondary N) is 2. The Balaban J connectivity index is 2.33. The molecule has 2 aromatic rings.